The van der Waals surface area contributed by atoms with Crippen LogP contribution in [0, 0.1) is 6.92 Å². The van der Waals surface area contributed by atoms with Crippen LogP contribution in [0.2, 0.25) is 0 Å². The Kier molecular flexibility index (Phi) is 3.96. The second kappa shape index (κ2) is 5.77. The van der Waals surface area contributed by atoms with Crippen LogP contribution in [0.4, 0.5) is 0 Å². The van der Waals surface area contributed by atoms with E-state index in [4.69, 9.17) is 0 Å². The standard InChI is InChI=1S/C14H19N5O2S/c1-10-9-11(13-15-6-7-16-13)18-14(17-10)12-5-3-4-8-19(12)22(2,20)21/h6-7,9,12H,3-5,8H2,1-2H3,(H,15,16). The molecule has 1 N–H and O–H groups in total. The Labute approximate surface area is 129 Å². The van der Waals surface area contributed by atoms with Crippen LogP contribution in [0.15, 0.2) is 18.5 Å². The second-order valence-corrected chi connectivity index (χ2v) is 7.51. The zero-order valence-corrected chi connectivity index (χ0v) is 13.5. The monoisotopic (exact) mass is 321 g/mol. The zero-order valence-electron chi connectivity index (χ0n) is 12.7. The lowest BCUT2D eigenvalue weighted by Crippen LogP contribution is -2.38. The molecule has 3 heterocycles. The Bertz CT molecular complexity index is 758. The van der Waals surface area contributed by atoms with E-state index >= 15 is 0 Å². The molecule has 0 radical (unpaired) electrons. The summed E-state index contributed by atoms with van der Waals surface area (Å²) in [6, 6.07) is 1.55. The van der Waals surface area contributed by atoms with E-state index < -0.39 is 10.0 Å². The first-order chi connectivity index (χ1) is 10.4. The summed E-state index contributed by atoms with van der Waals surface area (Å²) in [5, 5.41) is 0. The number of sulfonamides is 1. The van der Waals surface area contributed by atoms with E-state index in [2.05, 4.69) is 19.9 Å². The molecule has 0 amide bonds. The molecule has 22 heavy (non-hydrogen) atoms. The number of aromatic amines is 1. The molecule has 1 aliphatic heterocycles. The summed E-state index contributed by atoms with van der Waals surface area (Å²) in [5.74, 6) is 1.21. The highest BCUT2D eigenvalue weighted by molar-refractivity contribution is 7.88. The molecule has 1 saturated heterocycles. The van der Waals surface area contributed by atoms with Crippen molar-refractivity contribution >= 4 is 10.0 Å². The molecule has 7 nitrogen and oxygen atoms in total. The summed E-state index contributed by atoms with van der Waals surface area (Å²) in [6.45, 7) is 2.40. The molecular weight excluding hydrogens is 302 g/mol. The molecule has 3 rings (SSSR count). The first-order valence-electron chi connectivity index (χ1n) is 7.27. The Hall–Kier alpha value is -1.80. The van der Waals surface area contributed by atoms with Crippen LogP contribution >= 0.6 is 0 Å². The fourth-order valence-corrected chi connectivity index (χ4v) is 3.95. The van der Waals surface area contributed by atoms with E-state index in [0.29, 0.717) is 23.9 Å². The Morgan fingerprint density at radius 3 is 2.82 bits per heavy atom. The molecule has 0 aromatic carbocycles. The largest absolute Gasteiger partial charge is 0.343 e. The van der Waals surface area contributed by atoms with Crippen molar-refractivity contribution in [1.29, 1.82) is 0 Å². The number of piperidine rings is 1. The predicted molar refractivity (Wildman–Crippen MR) is 82.5 cm³/mol. The number of hydrogen-bond donors (Lipinski definition) is 1. The summed E-state index contributed by atoms with van der Waals surface area (Å²) in [5.41, 5.74) is 1.49. The van der Waals surface area contributed by atoms with Crippen molar-refractivity contribution < 1.29 is 8.42 Å². The first kappa shape index (κ1) is 15.1. The maximum Gasteiger partial charge on any atom is 0.211 e. The van der Waals surface area contributed by atoms with Crippen LogP contribution in [0.1, 0.15) is 36.8 Å². The van der Waals surface area contributed by atoms with Crippen LogP contribution in [0.25, 0.3) is 11.5 Å². The fraction of sp³-hybridized carbons (Fsp3) is 0.500. The highest BCUT2D eigenvalue weighted by atomic mass is 32.2. The summed E-state index contributed by atoms with van der Waals surface area (Å²) in [6.07, 6.45) is 7.24. The molecule has 1 atom stereocenters. The van der Waals surface area contributed by atoms with Gasteiger partial charge in [-0.05, 0) is 25.8 Å². The third kappa shape index (κ3) is 3.02. The number of nitrogens with one attached hydrogen (secondary N) is 1. The van der Waals surface area contributed by atoms with Crippen molar-refractivity contribution in [3.8, 4) is 11.5 Å². The lowest BCUT2D eigenvalue weighted by Gasteiger charge is -2.32. The van der Waals surface area contributed by atoms with Gasteiger partial charge < -0.3 is 4.98 Å². The summed E-state index contributed by atoms with van der Waals surface area (Å²) in [7, 11) is -3.27. The number of aromatic nitrogens is 4. The van der Waals surface area contributed by atoms with Gasteiger partial charge in [0.25, 0.3) is 0 Å². The van der Waals surface area contributed by atoms with Gasteiger partial charge in [0, 0.05) is 24.6 Å². The summed E-state index contributed by atoms with van der Waals surface area (Å²) < 4.78 is 25.6. The minimum Gasteiger partial charge on any atom is -0.343 e. The lowest BCUT2D eigenvalue weighted by molar-refractivity contribution is 0.248. The quantitative estimate of drug-likeness (QED) is 0.928. The van der Waals surface area contributed by atoms with Crippen LogP contribution in [-0.4, -0.2) is 45.5 Å². The van der Waals surface area contributed by atoms with Crippen molar-refractivity contribution in [3.05, 3.63) is 30.0 Å². The number of H-pyrrole nitrogens is 1. The lowest BCUT2D eigenvalue weighted by atomic mass is 10.0. The van der Waals surface area contributed by atoms with Crippen LogP contribution in [0.5, 0.6) is 0 Å². The number of imidazole rings is 1. The van der Waals surface area contributed by atoms with Gasteiger partial charge in [0.1, 0.15) is 11.5 Å². The van der Waals surface area contributed by atoms with Crippen LogP contribution in [0.3, 0.4) is 0 Å². The van der Waals surface area contributed by atoms with Crippen molar-refractivity contribution in [1.82, 2.24) is 24.2 Å². The van der Waals surface area contributed by atoms with Gasteiger partial charge in [-0.25, -0.2) is 23.4 Å². The molecule has 2 aromatic rings. The van der Waals surface area contributed by atoms with E-state index in [-0.39, 0.29) is 6.04 Å². The van der Waals surface area contributed by atoms with E-state index in [1.807, 2.05) is 13.0 Å². The smallest absolute Gasteiger partial charge is 0.211 e. The van der Waals surface area contributed by atoms with Crippen molar-refractivity contribution in [2.45, 2.75) is 32.2 Å². The van der Waals surface area contributed by atoms with Gasteiger partial charge in [0.05, 0.1) is 12.3 Å². The number of aryl methyl sites for hydroxylation is 1. The van der Waals surface area contributed by atoms with E-state index in [1.54, 1.807) is 12.4 Å². The van der Waals surface area contributed by atoms with Crippen molar-refractivity contribution in [2.24, 2.45) is 0 Å². The summed E-state index contributed by atoms with van der Waals surface area (Å²) in [4.78, 5) is 16.2. The number of rotatable bonds is 3. The number of hydrogen-bond acceptors (Lipinski definition) is 5. The SMILES string of the molecule is Cc1cc(-c2ncc[nH]2)nc(C2CCCCN2S(C)(=O)=O)n1. The zero-order chi connectivity index (χ0) is 15.7. The molecule has 8 heteroatoms. The molecule has 2 aromatic heterocycles. The van der Waals surface area contributed by atoms with Crippen LogP contribution < -0.4 is 0 Å². The molecule has 0 saturated carbocycles. The molecule has 1 aliphatic rings. The maximum absolute atomic E-state index is 12.0. The fourth-order valence-electron chi connectivity index (χ4n) is 2.83. The second-order valence-electron chi connectivity index (χ2n) is 5.58. The topological polar surface area (TPSA) is 91.8 Å². The normalized spacial score (nSPS) is 20.2. The maximum atomic E-state index is 12.0. The molecule has 0 bridgehead atoms. The first-order valence-corrected chi connectivity index (χ1v) is 9.12. The van der Waals surface area contributed by atoms with Crippen LogP contribution in [-0.2, 0) is 10.0 Å². The molecule has 118 valence electrons. The highest BCUT2D eigenvalue weighted by Gasteiger charge is 2.32. The average molecular weight is 321 g/mol. The molecule has 1 unspecified atom stereocenters. The molecule has 0 aliphatic carbocycles. The number of nitrogens with zero attached hydrogens (tertiary/aromatic N) is 4. The summed E-state index contributed by atoms with van der Waals surface area (Å²) >= 11 is 0. The van der Waals surface area contributed by atoms with Gasteiger partial charge in [-0.2, -0.15) is 4.31 Å². The molecule has 0 spiro atoms. The van der Waals surface area contributed by atoms with Gasteiger partial charge in [-0.1, -0.05) is 6.42 Å². The van der Waals surface area contributed by atoms with E-state index in [1.165, 1.54) is 10.6 Å². The molecular formula is C14H19N5O2S. The Morgan fingerprint density at radius 1 is 1.32 bits per heavy atom. The minimum absolute atomic E-state index is 0.294. The minimum atomic E-state index is -3.27. The Morgan fingerprint density at radius 2 is 2.14 bits per heavy atom. The average Bonchev–Trinajstić information content (AvgIpc) is 3.00. The van der Waals surface area contributed by atoms with Gasteiger partial charge in [-0.3, -0.25) is 0 Å². The van der Waals surface area contributed by atoms with Gasteiger partial charge in [0.2, 0.25) is 10.0 Å². The van der Waals surface area contributed by atoms with Gasteiger partial charge in [0.15, 0.2) is 5.82 Å². The third-order valence-corrected chi connectivity index (χ3v) is 5.08. The highest BCUT2D eigenvalue weighted by Crippen LogP contribution is 2.31. The van der Waals surface area contributed by atoms with E-state index in [0.717, 1.165) is 25.0 Å². The Balaban J connectivity index is 2.03. The van der Waals surface area contributed by atoms with Gasteiger partial charge in [-0.15, -0.1) is 0 Å². The van der Waals surface area contributed by atoms with Crippen molar-refractivity contribution in [3.63, 3.8) is 0 Å². The van der Waals surface area contributed by atoms with Gasteiger partial charge >= 0.3 is 0 Å². The third-order valence-electron chi connectivity index (χ3n) is 3.79. The molecule has 1 fully saturated rings. The van der Waals surface area contributed by atoms with Crippen molar-refractivity contribution in [2.75, 3.05) is 12.8 Å². The predicted octanol–water partition coefficient (Wildman–Crippen LogP) is 1.66. The van der Waals surface area contributed by atoms with E-state index in [9.17, 15) is 8.42 Å².